The Morgan fingerprint density at radius 3 is 2.33 bits per heavy atom. The zero-order valence-corrected chi connectivity index (χ0v) is 19.0. The second-order valence-electron chi connectivity index (χ2n) is 7.28. The minimum atomic E-state index is -0.492. The van der Waals surface area contributed by atoms with Gasteiger partial charge in [0, 0.05) is 22.8 Å². The van der Waals surface area contributed by atoms with Gasteiger partial charge in [0.05, 0.1) is 19.3 Å². The zero-order valence-electron chi connectivity index (χ0n) is 19.0. The number of hydrogen-bond donors (Lipinski definition) is 1. The van der Waals surface area contributed by atoms with Crippen molar-refractivity contribution in [2.45, 2.75) is 20.8 Å². The number of anilines is 1. The fraction of sp³-hybridized carbons (Fsp3) is 0.192. The normalized spacial score (nSPS) is 10.9. The Morgan fingerprint density at radius 1 is 1.09 bits per heavy atom. The molecule has 33 heavy (non-hydrogen) atoms. The third-order valence-electron chi connectivity index (χ3n) is 5.10. The number of aromatic nitrogens is 1. The SMILES string of the molecule is CCOc1ccc(NC(=O)/C(C#N)=C\c2cc(C)n(-c3ccc(C(=O)OC)cc3)c2C)cc1. The number of nitrogens with zero attached hydrogens (tertiary/aromatic N) is 2. The van der Waals surface area contributed by atoms with Gasteiger partial charge in [-0.1, -0.05) is 0 Å². The largest absolute Gasteiger partial charge is 0.494 e. The molecule has 0 radical (unpaired) electrons. The van der Waals surface area contributed by atoms with Crippen LogP contribution in [-0.4, -0.2) is 30.2 Å². The van der Waals surface area contributed by atoms with E-state index in [0.29, 0.717) is 23.6 Å². The number of rotatable bonds is 7. The van der Waals surface area contributed by atoms with Crippen molar-refractivity contribution in [3.05, 3.63) is 82.7 Å². The number of nitriles is 1. The van der Waals surface area contributed by atoms with Gasteiger partial charge in [-0.25, -0.2) is 4.79 Å². The fourth-order valence-corrected chi connectivity index (χ4v) is 3.50. The molecule has 0 fully saturated rings. The van der Waals surface area contributed by atoms with Crippen molar-refractivity contribution >= 4 is 23.6 Å². The Labute approximate surface area is 192 Å². The number of methoxy groups -OCH3 is 1. The smallest absolute Gasteiger partial charge is 0.337 e. The first-order valence-corrected chi connectivity index (χ1v) is 10.4. The lowest BCUT2D eigenvalue weighted by atomic mass is 10.1. The molecule has 7 heteroatoms. The van der Waals surface area contributed by atoms with E-state index in [2.05, 4.69) is 5.32 Å². The maximum atomic E-state index is 12.7. The van der Waals surface area contributed by atoms with Crippen LogP contribution in [0.25, 0.3) is 11.8 Å². The summed E-state index contributed by atoms with van der Waals surface area (Å²) in [5.41, 5.74) is 4.42. The molecule has 0 aliphatic rings. The van der Waals surface area contributed by atoms with E-state index in [1.807, 2.05) is 49.6 Å². The molecule has 7 nitrogen and oxygen atoms in total. The average Bonchev–Trinajstić information content (AvgIpc) is 3.10. The van der Waals surface area contributed by atoms with Gasteiger partial charge < -0.3 is 19.4 Å². The summed E-state index contributed by atoms with van der Waals surface area (Å²) in [6.07, 6.45) is 1.57. The first kappa shape index (κ1) is 23.4. The molecular formula is C26H25N3O4. The van der Waals surface area contributed by atoms with Gasteiger partial charge in [0.25, 0.3) is 5.91 Å². The molecule has 2 aromatic carbocycles. The highest BCUT2D eigenvalue weighted by atomic mass is 16.5. The van der Waals surface area contributed by atoms with Gasteiger partial charge in [-0.2, -0.15) is 5.26 Å². The third-order valence-corrected chi connectivity index (χ3v) is 5.10. The molecule has 0 aliphatic heterocycles. The van der Waals surface area contributed by atoms with E-state index < -0.39 is 11.9 Å². The van der Waals surface area contributed by atoms with E-state index in [9.17, 15) is 14.9 Å². The predicted molar refractivity (Wildman–Crippen MR) is 126 cm³/mol. The molecule has 0 unspecified atom stereocenters. The minimum absolute atomic E-state index is 0.00910. The summed E-state index contributed by atoms with van der Waals surface area (Å²) in [6.45, 7) is 6.30. The molecule has 3 aromatic rings. The number of hydrogen-bond acceptors (Lipinski definition) is 5. The van der Waals surface area contributed by atoms with E-state index >= 15 is 0 Å². The fourth-order valence-electron chi connectivity index (χ4n) is 3.50. The van der Waals surface area contributed by atoms with Crippen LogP contribution in [0.4, 0.5) is 5.69 Å². The van der Waals surface area contributed by atoms with E-state index in [-0.39, 0.29) is 5.57 Å². The summed E-state index contributed by atoms with van der Waals surface area (Å²) in [5.74, 6) is -0.184. The van der Waals surface area contributed by atoms with Crippen LogP contribution in [0, 0.1) is 25.2 Å². The average molecular weight is 444 g/mol. The number of aryl methyl sites for hydroxylation is 1. The third kappa shape index (κ3) is 5.31. The Morgan fingerprint density at radius 2 is 1.76 bits per heavy atom. The molecule has 1 N–H and O–H groups in total. The molecule has 168 valence electrons. The monoisotopic (exact) mass is 443 g/mol. The molecule has 1 amide bonds. The molecule has 3 rings (SSSR count). The van der Waals surface area contributed by atoms with Crippen LogP contribution in [-0.2, 0) is 9.53 Å². The highest BCUT2D eigenvalue weighted by Crippen LogP contribution is 2.24. The van der Waals surface area contributed by atoms with Crippen molar-refractivity contribution < 1.29 is 19.1 Å². The maximum absolute atomic E-state index is 12.7. The van der Waals surface area contributed by atoms with Crippen LogP contribution < -0.4 is 10.1 Å². The molecule has 0 atom stereocenters. The second-order valence-corrected chi connectivity index (χ2v) is 7.28. The van der Waals surface area contributed by atoms with Gasteiger partial charge in [0.1, 0.15) is 17.4 Å². The van der Waals surface area contributed by atoms with Crippen LogP contribution >= 0.6 is 0 Å². The number of esters is 1. The zero-order chi connectivity index (χ0) is 24.0. The first-order chi connectivity index (χ1) is 15.9. The van der Waals surface area contributed by atoms with Crippen LogP contribution in [0.15, 0.2) is 60.2 Å². The molecule has 0 saturated heterocycles. The number of carbonyl (C=O) groups is 2. The summed E-state index contributed by atoms with van der Waals surface area (Å²) in [7, 11) is 1.34. The minimum Gasteiger partial charge on any atom is -0.494 e. The molecule has 1 aromatic heterocycles. The van der Waals surface area contributed by atoms with Gasteiger partial charge in [-0.05, 0) is 87.0 Å². The Balaban J connectivity index is 1.85. The molecule has 0 saturated carbocycles. The Bertz CT molecular complexity index is 1230. The molecule has 0 bridgehead atoms. The van der Waals surface area contributed by atoms with Crippen molar-refractivity contribution in [2.75, 3.05) is 19.0 Å². The van der Waals surface area contributed by atoms with Crippen molar-refractivity contribution in [1.82, 2.24) is 4.57 Å². The first-order valence-electron chi connectivity index (χ1n) is 10.4. The van der Waals surface area contributed by atoms with Crippen molar-refractivity contribution in [2.24, 2.45) is 0 Å². The molecule has 0 aliphatic carbocycles. The number of amides is 1. The van der Waals surface area contributed by atoms with Gasteiger partial charge in [0.15, 0.2) is 0 Å². The van der Waals surface area contributed by atoms with E-state index in [1.165, 1.54) is 7.11 Å². The van der Waals surface area contributed by atoms with Gasteiger partial charge in [-0.3, -0.25) is 4.79 Å². The van der Waals surface area contributed by atoms with Crippen LogP contribution in [0.3, 0.4) is 0 Å². The van der Waals surface area contributed by atoms with Crippen molar-refractivity contribution in [3.63, 3.8) is 0 Å². The molecule has 0 spiro atoms. The maximum Gasteiger partial charge on any atom is 0.337 e. The van der Waals surface area contributed by atoms with Gasteiger partial charge in [0.2, 0.25) is 0 Å². The topological polar surface area (TPSA) is 93.4 Å². The lowest BCUT2D eigenvalue weighted by molar-refractivity contribution is -0.112. The highest BCUT2D eigenvalue weighted by Gasteiger charge is 2.15. The number of carbonyl (C=O) groups excluding carboxylic acids is 2. The summed E-state index contributed by atoms with van der Waals surface area (Å²) in [5, 5.41) is 12.3. The standard InChI is InChI=1S/C26H25N3O4/c1-5-33-24-12-8-22(9-13-24)28-25(30)21(16-27)15-20-14-17(2)29(18(20)3)23-10-6-19(7-11-23)26(31)32-4/h6-15H,5H2,1-4H3,(H,28,30)/b21-15-. The summed E-state index contributed by atoms with van der Waals surface area (Å²) < 4.78 is 12.1. The van der Waals surface area contributed by atoms with Crippen molar-refractivity contribution in [1.29, 1.82) is 5.26 Å². The lowest BCUT2D eigenvalue weighted by Crippen LogP contribution is -2.13. The quantitative estimate of drug-likeness (QED) is 0.321. The number of benzene rings is 2. The number of ether oxygens (including phenoxy) is 2. The van der Waals surface area contributed by atoms with Gasteiger partial charge >= 0.3 is 5.97 Å². The van der Waals surface area contributed by atoms with Crippen LogP contribution in [0.1, 0.15) is 34.2 Å². The molecular weight excluding hydrogens is 418 g/mol. The summed E-state index contributed by atoms with van der Waals surface area (Å²) in [6, 6.07) is 17.9. The second kappa shape index (κ2) is 10.3. The van der Waals surface area contributed by atoms with Crippen LogP contribution in [0.5, 0.6) is 5.75 Å². The Kier molecular flexibility index (Phi) is 7.31. The van der Waals surface area contributed by atoms with E-state index in [1.54, 1.807) is 42.5 Å². The van der Waals surface area contributed by atoms with E-state index in [0.717, 1.165) is 22.6 Å². The number of nitrogens with one attached hydrogen (secondary N) is 1. The lowest BCUT2D eigenvalue weighted by Gasteiger charge is -2.10. The van der Waals surface area contributed by atoms with Crippen molar-refractivity contribution in [3.8, 4) is 17.5 Å². The Hall–Kier alpha value is -4.31. The molecule has 1 heterocycles. The highest BCUT2D eigenvalue weighted by molar-refractivity contribution is 6.09. The van der Waals surface area contributed by atoms with Gasteiger partial charge in [-0.15, -0.1) is 0 Å². The summed E-state index contributed by atoms with van der Waals surface area (Å²) >= 11 is 0. The predicted octanol–water partition coefficient (Wildman–Crippen LogP) is 4.83. The summed E-state index contributed by atoms with van der Waals surface area (Å²) in [4.78, 5) is 24.4. The van der Waals surface area contributed by atoms with E-state index in [4.69, 9.17) is 9.47 Å². The van der Waals surface area contributed by atoms with Crippen LogP contribution in [0.2, 0.25) is 0 Å².